The number of nitrogens with zero attached hydrogens (tertiary/aromatic N) is 2. The van der Waals surface area contributed by atoms with Gasteiger partial charge in [-0.1, -0.05) is 25.0 Å². The van der Waals surface area contributed by atoms with E-state index in [2.05, 4.69) is 0 Å². The van der Waals surface area contributed by atoms with Gasteiger partial charge in [-0.3, -0.25) is 19.3 Å². The molecule has 1 aromatic rings. The van der Waals surface area contributed by atoms with E-state index in [1.807, 2.05) is 0 Å². The average Bonchev–Trinajstić information content (AvgIpc) is 3.17. The van der Waals surface area contributed by atoms with Gasteiger partial charge in [-0.15, -0.1) is 0 Å². The molecular formula is C20H22N2O5. The normalized spacial score (nSPS) is 26.9. The lowest BCUT2D eigenvalue weighted by molar-refractivity contribution is -0.150. The van der Waals surface area contributed by atoms with Crippen molar-refractivity contribution in [2.24, 2.45) is 5.92 Å². The summed E-state index contributed by atoms with van der Waals surface area (Å²) in [6.07, 6.45) is 4.31. The van der Waals surface area contributed by atoms with Gasteiger partial charge in [0.2, 0.25) is 5.91 Å². The molecule has 2 heterocycles. The lowest BCUT2D eigenvalue weighted by atomic mass is 9.84. The number of fused-ring (bicyclic) bond motifs is 2. The second-order valence-corrected chi connectivity index (χ2v) is 7.56. The first-order chi connectivity index (χ1) is 13.0. The Morgan fingerprint density at radius 1 is 1.04 bits per heavy atom. The van der Waals surface area contributed by atoms with Crippen molar-refractivity contribution in [2.75, 3.05) is 6.54 Å². The molecule has 142 valence electrons. The molecule has 0 bridgehead atoms. The number of carboxylic acid groups (broad SMARTS) is 1. The molecule has 1 saturated heterocycles. The quantitative estimate of drug-likeness (QED) is 0.817. The Kier molecular flexibility index (Phi) is 4.45. The van der Waals surface area contributed by atoms with Crippen molar-refractivity contribution in [2.45, 2.75) is 50.6 Å². The highest BCUT2D eigenvalue weighted by Crippen LogP contribution is 2.40. The van der Waals surface area contributed by atoms with Crippen molar-refractivity contribution in [3.63, 3.8) is 0 Å². The third kappa shape index (κ3) is 2.91. The lowest BCUT2D eigenvalue weighted by Crippen LogP contribution is -2.47. The molecule has 0 radical (unpaired) electrons. The summed E-state index contributed by atoms with van der Waals surface area (Å²) >= 11 is 0. The largest absolute Gasteiger partial charge is 0.480 e. The Balaban J connectivity index is 1.47. The van der Waals surface area contributed by atoms with Crippen LogP contribution >= 0.6 is 0 Å². The third-order valence-electron chi connectivity index (χ3n) is 6.09. The van der Waals surface area contributed by atoms with Crippen LogP contribution in [0.5, 0.6) is 0 Å². The van der Waals surface area contributed by atoms with Gasteiger partial charge in [0, 0.05) is 19.0 Å². The Morgan fingerprint density at radius 3 is 2.30 bits per heavy atom. The summed E-state index contributed by atoms with van der Waals surface area (Å²) < 4.78 is 0. The van der Waals surface area contributed by atoms with Gasteiger partial charge in [0.15, 0.2) is 0 Å². The molecule has 1 aliphatic carbocycles. The summed E-state index contributed by atoms with van der Waals surface area (Å²) in [7, 11) is 0. The highest BCUT2D eigenvalue weighted by molar-refractivity contribution is 6.21. The first kappa shape index (κ1) is 17.7. The van der Waals surface area contributed by atoms with Gasteiger partial charge in [-0.25, -0.2) is 4.79 Å². The van der Waals surface area contributed by atoms with Crippen LogP contribution in [0.3, 0.4) is 0 Å². The molecule has 1 saturated carbocycles. The molecular weight excluding hydrogens is 348 g/mol. The number of hydrogen-bond acceptors (Lipinski definition) is 4. The standard InChI is InChI=1S/C20H22N2O5/c23-17(22-15-8-4-1-5-12(15)11-16(22)20(26)27)9-10-21-18(24)13-6-2-3-7-14(13)19(21)25/h2-3,6-7,12,15-16H,1,4-5,8-11H2,(H,26,27). The van der Waals surface area contributed by atoms with E-state index in [0.717, 1.165) is 30.6 Å². The van der Waals surface area contributed by atoms with E-state index in [1.165, 1.54) is 4.90 Å². The van der Waals surface area contributed by atoms with E-state index in [-0.39, 0.29) is 30.8 Å². The van der Waals surface area contributed by atoms with Gasteiger partial charge in [-0.2, -0.15) is 0 Å². The average molecular weight is 370 g/mol. The number of carbonyl (C=O) groups is 4. The van der Waals surface area contributed by atoms with Crippen molar-refractivity contribution in [1.82, 2.24) is 9.80 Å². The minimum absolute atomic E-state index is 0.0224. The van der Waals surface area contributed by atoms with Crippen molar-refractivity contribution < 1.29 is 24.3 Å². The summed E-state index contributed by atoms with van der Waals surface area (Å²) in [5.41, 5.74) is 0.707. The molecule has 1 N–H and O–H groups in total. The number of aliphatic carboxylic acids is 1. The van der Waals surface area contributed by atoms with Gasteiger partial charge in [0.25, 0.3) is 11.8 Å². The van der Waals surface area contributed by atoms with Crippen LogP contribution in [0.1, 0.15) is 59.2 Å². The topological polar surface area (TPSA) is 95.0 Å². The smallest absolute Gasteiger partial charge is 0.326 e. The molecule has 3 unspecified atom stereocenters. The van der Waals surface area contributed by atoms with Crippen molar-refractivity contribution >= 4 is 23.7 Å². The second-order valence-electron chi connectivity index (χ2n) is 7.56. The summed E-state index contributed by atoms with van der Waals surface area (Å²) in [6.45, 7) is -0.0224. The van der Waals surface area contributed by atoms with E-state index >= 15 is 0 Å². The van der Waals surface area contributed by atoms with Gasteiger partial charge in [-0.05, 0) is 37.3 Å². The minimum Gasteiger partial charge on any atom is -0.480 e. The van der Waals surface area contributed by atoms with E-state index < -0.39 is 23.8 Å². The Bertz CT molecular complexity index is 785. The number of rotatable bonds is 4. The van der Waals surface area contributed by atoms with E-state index in [0.29, 0.717) is 17.5 Å². The van der Waals surface area contributed by atoms with Crippen LogP contribution < -0.4 is 0 Å². The summed E-state index contributed by atoms with van der Waals surface area (Å²) in [5, 5.41) is 9.55. The Hall–Kier alpha value is -2.70. The zero-order valence-corrected chi connectivity index (χ0v) is 15.0. The molecule has 2 aliphatic heterocycles. The van der Waals surface area contributed by atoms with E-state index in [1.54, 1.807) is 24.3 Å². The predicted octanol–water partition coefficient (Wildman–Crippen LogP) is 1.92. The van der Waals surface area contributed by atoms with Crippen LogP contribution in [0.15, 0.2) is 24.3 Å². The summed E-state index contributed by atoms with van der Waals surface area (Å²) in [4.78, 5) is 52.0. The number of likely N-dealkylation sites (tertiary alicyclic amines) is 1. The molecule has 7 nitrogen and oxygen atoms in total. The van der Waals surface area contributed by atoms with Crippen LogP contribution in [-0.4, -0.2) is 57.2 Å². The third-order valence-corrected chi connectivity index (χ3v) is 6.09. The highest BCUT2D eigenvalue weighted by Gasteiger charge is 2.47. The van der Waals surface area contributed by atoms with Crippen molar-refractivity contribution in [3.05, 3.63) is 35.4 Å². The van der Waals surface area contributed by atoms with Gasteiger partial charge < -0.3 is 10.0 Å². The number of benzene rings is 1. The first-order valence-electron chi connectivity index (χ1n) is 9.48. The molecule has 4 rings (SSSR count). The number of carbonyl (C=O) groups excluding carboxylic acids is 3. The fourth-order valence-corrected chi connectivity index (χ4v) is 4.82. The maximum atomic E-state index is 12.9. The maximum Gasteiger partial charge on any atom is 0.326 e. The fraction of sp³-hybridized carbons (Fsp3) is 0.500. The molecule has 3 amide bonds. The van der Waals surface area contributed by atoms with Crippen molar-refractivity contribution in [3.8, 4) is 0 Å². The Morgan fingerprint density at radius 2 is 1.67 bits per heavy atom. The van der Waals surface area contributed by atoms with Crippen LogP contribution in [0.4, 0.5) is 0 Å². The molecule has 3 aliphatic rings. The zero-order valence-electron chi connectivity index (χ0n) is 15.0. The molecule has 1 aromatic carbocycles. The molecule has 0 aromatic heterocycles. The maximum absolute atomic E-state index is 12.9. The monoisotopic (exact) mass is 370 g/mol. The van der Waals surface area contributed by atoms with Crippen LogP contribution in [0, 0.1) is 5.92 Å². The SMILES string of the molecule is O=C(O)C1CC2CCCCC2N1C(=O)CCN1C(=O)c2ccccc2C1=O. The number of amides is 3. The fourth-order valence-electron chi connectivity index (χ4n) is 4.82. The number of imide groups is 1. The first-order valence-corrected chi connectivity index (χ1v) is 9.48. The van der Waals surface area contributed by atoms with Crippen LogP contribution in [0.25, 0.3) is 0 Å². The predicted molar refractivity (Wildman–Crippen MR) is 95.1 cm³/mol. The highest BCUT2D eigenvalue weighted by atomic mass is 16.4. The Labute approximate surface area is 156 Å². The molecule has 7 heteroatoms. The van der Waals surface area contributed by atoms with E-state index in [4.69, 9.17) is 0 Å². The van der Waals surface area contributed by atoms with Gasteiger partial charge in [0.05, 0.1) is 11.1 Å². The van der Waals surface area contributed by atoms with E-state index in [9.17, 15) is 24.3 Å². The summed E-state index contributed by atoms with van der Waals surface area (Å²) in [6, 6.07) is 5.77. The zero-order chi connectivity index (χ0) is 19.1. The molecule has 2 fully saturated rings. The molecule has 3 atom stereocenters. The number of carboxylic acids is 1. The van der Waals surface area contributed by atoms with Gasteiger partial charge >= 0.3 is 5.97 Å². The molecule has 27 heavy (non-hydrogen) atoms. The lowest BCUT2D eigenvalue weighted by Gasteiger charge is -2.33. The van der Waals surface area contributed by atoms with Crippen molar-refractivity contribution in [1.29, 1.82) is 0 Å². The number of hydrogen-bond donors (Lipinski definition) is 1. The van der Waals surface area contributed by atoms with Crippen LogP contribution in [-0.2, 0) is 9.59 Å². The minimum atomic E-state index is -0.974. The second kappa shape index (κ2) is 6.79. The summed E-state index contributed by atoms with van der Waals surface area (Å²) in [5.74, 6) is -1.81. The van der Waals surface area contributed by atoms with Gasteiger partial charge in [0.1, 0.15) is 6.04 Å². The van der Waals surface area contributed by atoms with Crippen LogP contribution in [0.2, 0.25) is 0 Å². The molecule has 0 spiro atoms.